The van der Waals surface area contributed by atoms with Gasteiger partial charge in [0.25, 0.3) is 6.26 Å². The monoisotopic (exact) mass is 323 g/mol. The van der Waals surface area contributed by atoms with E-state index in [1.165, 1.54) is 12.3 Å². The molecule has 0 aliphatic rings. The molecule has 1 N–H and O–H groups in total. The van der Waals surface area contributed by atoms with Gasteiger partial charge in [0.05, 0.1) is 0 Å². The van der Waals surface area contributed by atoms with Gasteiger partial charge in [0.15, 0.2) is 0 Å². The van der Waals surface area contributed by atoms with E-state index in [1.54, 1.807) is 19.1 Å². The Hall–Kier alpha value is -2.88. The Bertz CT molecular complexity index is 751. The second kappa shape index (κ2) is 6.48. The van der Waals surface area contributed by atoms with Gasteiger partial charge in [0.2, 0.25) is 0 Å². The Kier molecular flexibility index (Phi) is 4.65. The third-order valence-corrected chi connectivity index (χ3v) is 3.16. The maximum absolute atomic E-state index is 13.0. The molecule has 120 valence electrons. The fourth-order valence-electron chi connectivity index (χ4n) is 2.02. The maximum Gasteiger partial charge on any atom is 0.420 e. The normalized spacial score (nSPS) is 10.9. The van der Waals surface area contributed by atoms with Gasteiger partial charge in [-0.3, -0.25) is 0 Å². The molecule has 0 atom stereocenters. The summed E-state index contributed by atoms with van der Waals surface area (Å²) in [5.41, 5.74) is 0.106. The van der Waals surface area contributed by atoms with Crippen molar-refractivity contribution in [3.05, 3.63) is 53.1 Å². The molecule has 23 heavy (non-hydrogen) atoms. The van der Waals surface area contributed by atoms with Crippen molar-refractivity contribution in [1.29, 1.82) is 5.26 Å². The van der Waals surface area contributed by atoms with Crippen molar-refractivity contribution in [1.82, 2.24) is 0 Å². The van der Waals surface area contributed by atoms with Crippen LogP contribution in [-0.4, -0.2) is 5.11 Å². The van der Waals surface area contributed by atoms with Crippen molar-refractivity contribution < 1.29 is 27.8 Å². The molecule has 0 saturated carbocycles. The Morgan fingerprint density at radius 2 is 1.91 bits per heavy atom. The Balaban J connectivity index is 2.31. The molecule has 0 aliphatic heterocycles. The molecule has 0 bridgehead atoms. The minimum atomic E-state index is -4.66. The molecule has 0 amide bonds. The third-order valence-electron chi connectivity index (χ3n) is 3.16. The highest BCUT2D eigenvalue weighted by molar-refractivity contribution is 5.43. The third kappa shape index (κ3) is 3.86. The van der Waals surface area contributed by atoms with Gasteiger partial charge in [-0.25, -0.2) is 0 Å². The molecular formula is C16H12F3NO3. The molecule has 0 radical (unpaired) electrons. The summed E-state index contributed by atoms with van der Waals surface area (Å²) in [4.78, 5) is 0. The van der Waals surface area contributed by atoms with E-state index in [0.29, 0.717) is 17.2 Å². The summed E-state index contributed by atoms with van der Waals surface area (Å²) in [7, 11) is 0. The molecule has 0 unspecified atom stereocenters. The summed E-state index contributed by atoms with van der Waals surface area (Å²) in [6.45, 7) is 1.52. The summed E-state index contributed by atoms with van der Waals surface area (Å²) >= 11 is 0. The molecule has 0 heterocycles. The molecule has 7 heteroatoms. The Labute approximate surface area is 130 Å². The fraction of sp³-hybridized carbons (Fsp3) is 0.188. The molecule has 0 saturated heterocycles. The predicted molar refractivity (Wildman–Crippen MR) is 74.9 cm³/mol. The van der Waals surface area contributed by atoms with Crippen molar-refractivity contribution >= 4 is 0 Å². The van der Waals surface area contributed by atoms with Crippen LogP contribution in [-0.2, 0) is 12.8 Å². The van der Waals surface area contributed by atoms with E-state index in [1.807, 2.05) is 0 Å². The van der Waals surface area contributed by atoms with E-state index in [2.05, 4.69) is 0 Å². The first kappa shape index (κ1) is 16.5. The second-order valence-corrected chi connectivity index (χ2v) is 4.71. The van der Waals surface area contributed by atoms with Crippen LogP contribution in [0.3, 0.4) is 0 Å². The van der Waals surface area contributed by atoms with Crippen LogP contribution in [0.15, 0.2) is 36.4 Å². The van der Waals surface area contributed by atoms with E-state index in [4.69, 9.17) is 14.7 Å². The standard InChI is InChI=1S/C16H12F3NO3/c1-10-3-2-4-14(23-9-20)12(10)8-22-15-6-5-11(21)7-13(15)16(17,18)19/h2-7,21H,8H2,1H3. The zero-order valence-corrected chi connectivity index (χ0v) is 12.0. The van der Waals surface area contributed by atoms with Crippen LogP contribution in [0.2, 0.25) is 0 Å². The number of benzene rings is 2. The van der Waals surface area contributed by atoms with Crippen molar-refractivity contribution in [2.45, 2.75) is 19.7 Å². The number of phenolic OH excluding ortho intramolecular Hbond substituents is 1. The number of rotatable bonds is 4. The predicted octanol–water partition coefficient (Wildman–Crippen LogP) is 4.16. The Morgan fingerprint density at radius 3 is 2.57 bits per heavy atom. The lowest BCUT2D eigenvalue weighted by atomic mass is 10.1. The summed E-state index contributed by atoms with van der Waals surface area (Å²) < 4.78 is 49.0. The van der Waals surface area contributed by atoms with Crippen LogP contribution in [0.5, 0.6) is 17.2 Å². The smallest absolute Gasteiger partial charge is 0.420 e. The van der Waals surface area contributed by atoms with Crippen LogP contribution in [0.4, 0.5) is 13.2 Å². The molecule has 0 aromatic heterocycles. The topological polar surface area (TPSA) is 62.5 Å². The van der Waals surface area contributed by atoms with E-state index in [0.717, 1.165) is 12.1 Å². The molecule has 4 nitrogen and oxygen atoms in total. The summed E-state index contributed by atoms with van der Waals surface area (Å²) in [5.74, 6) is -0.699. The van der Waals surface area contributed by atoms with Crippen molar-refractivity contribution in [3.8, 4) is 23.5 Å². The van der Waals surface area contributed by atoms with Crippen LogP contribution in [0.25, 0.3) is 0 Å². The van der Waals surface area contributed by atoms with Crippen LogP contribution >= 0.6 is 0 Å². The lowest BCUT2D eigenvalue weighted by molar-refractivity contribution is -0.139. The van der Waals surface area contributed by atoms with E-state index >= 15 is 0 Å². The number of hydrogen-bond donors (Lipinski definition) is 1. The highest BCUT2D eigenvalue weighted by Gasteiger charge is 2.35. The summed E-state index contributed by atoms with van der Waals surface area (Å²) in [6.07, 6.45) is -3.14. The van der Waals surface area contributed by atoms with Crippen LogP contribution < -0.4 is 9.47 Å². The van der Waals surface area contributed by atoms with Gasteiger partial charge in [-0.1, -0.05) is 12.1 Å². The van der Waals surface area contributed by atoms with Gasteiger partial charge in [-0.05, 0) is 36.8 Å². The molecule has 2 aromatic rings. The van der Waals surface area contributed by atoms with Gasteiger partial charge >= 0.3 is 6.18 Å². The summed E-state index contributed by atoms with van der Waals surface area (Å²) in [6, 6.07) is 7.66. The lowest BCUT2D eigenvalue weighted by Crippen LogP contribution is -2.09. The minimum Gasteiger partial charge on any atom is -0.508 e. The number of alkyl halides is 3. The quantitative estimate of drug-likeness (QED) is 0.858. The molecule has 2 aromatic carbocycles. The molecule has 0 fully saturated rings. The highest BCUT2D eigenvalue weighted by Crippen LogP contribution is 2.38. The van der Waals surface area contributed by atoms with Gasteiger partial charge in [0, 0.05) is 5.56 Å². The van der Waals surface area contributed by atoms with Gasteiger partial charge < -0.3 is 14.6 Å². The SMILES string of the molecule is Cc1cccc(OC#N)c1COc1ccc(O)cc1C(F)(F)F. The zero-order chi connectivity index (χ0) is 17.0. The van der Waals surface area contributed by atoms with Crippen LogP contribution in [0, 0.1) is 18.4 Å². The Morgan fingerprint density at radius 1 is 1.17 bits per heavy atom. The van der Waals surface area contributed by atoms with Gasteiger partial charge in [0.1, 0.15) is 29.4 Å². The molecule has 0 aliphatic carbocycles. The highest BCUT2D eigenvalue weighted by atomic mass is 19.4. The number of nitriles is 1. The largest absolute Gasteiger partial charge is 0.508 e. The van der Waals surface area contributed by atoms with E-state index in [-0.39, 0.29) is 12.4 Å². The second-order valence-electron chi connectivity index (χ2n) is 4.71. The maximum atomic E-state index is 13.0. The first-order valence-electron chi connectivity index (χ1n) is 6.50. The van der Waals surface area contributed by atoms with E-state index in [9.17, 15) is 18.3 Å². The molecular weight excluding hydrogens is 311 g/mol. The van der Waals surface area contributed by atoms with Crippen LogP contribution in [0.1, 0.15) is 16.7 Å². The minimum absolute atomic E-state index is 0.211. The number of aromatic hydroxyl groups is 1. The zero-order valence-electron chi connectivity index (χ0n) is 12.0. The van der Waals surface area contributed by atoms with E-state index < -0.39 is 23.2 Å². The average Bonchev–Trinajstić information content (AvgIpc) is 2.47. The summed E-state index contributed by atoms with van der Waals surface area (Å²) in [5, 5.41) is 17.8. The van der Waals surface area contributed by atoms with Crippen molar-refractivity contribution in [2.75, 3.05) is 0 Å². The number of aryl methyl sites for hydroxylation is 1. The van der Waals surface area contributed by atoms with Crippen molar-refractivity contribution in [2.24, 2.45) is 0 Å². The number of ether oxygens (including phenoxy) is 2. The average molecular weight is 323 g/mol. The lowest BCUT2D eigenvalue weighted by Gasteiger charge is -2.16. The first-order valence-corrected chi connectivity index (χ1v) is 6.50. The number of hydrogen-bond acceptors (Lipinski definition) is 4. The molecule has 2 rings (SSSR count). The van der Waals surface area contributed by atoms with Gasteiger partial charge in [-0.2, -0.15) is 13.2 Å². The van der Waals surface area contributed by atoms with Crippen molar-refractivity contribution in [3.63, 3.8) is 0 Å². The number of phenols is 1. The first-order chi connectivity index (χ1) is 10.8. The molecule has 0 spiro atoms. The number of nitrogens with zero attached hydrogens (tertiary/aromatic N) is 1. The number of halogens is 3. The van der Waals surface area contributed by atoms with Gasteiger partial charge in [-0.15, -0.1) is 5.26 Å². The fourth-order valence-corrected chi connectivity index (χ4v) is 2.02.